The molecule has 0 saturated heterocycles. The summed E-state index contributed by atoms with van der Waals surface area (Å²) in [6, 6.07) is 43.7. The van der Waals surface area contributed by atoms with Crippen LogP contribution in [0.4, 0.5) is 11.4 Å². The monoisotopic (exact) mass is 442 g/mol. The summed E-state index contributed by atoms with van der Waals surface area (Å²) in [5, 5.41) is 2.54. The molecule has 0 fully saturated rings. The lowest BCUT2D eigenvalue weighted by Crippen LogP contribution is -2.23. The first-order chi connectivity index (χ1) is 16.7. The topological polar surface area (TPSA) is 6.48 Å². The van der Waals surface area contributed by atoms with E-state index in [-0.39, 0.29) is 0 Å². The van der Waals surface area contributed by atoms with Gasteiger partial charge in [0.05, 0.1) is 0 Å². The predicted molar refractivity (Wildman–Crippen MR) is 146 cm³/mol. The van der Waals surface area contributed by atoms with Crippen LogP contribution in [0, 0.1) is 0 Å². The molecule has 0 radical (unpaired) electrons. The highest BCUT2D eigenvalue weighted by atomic mass is 15.1. The average molecular weight is 443 g/mol. The Kier molecular flexibility index (Phi) is 6.31. The molecule has 2 nitrogen and oxygen atoms in total. The minimum absolute atomic E-state index is 0.844. The fraction of sp³-hybridized carbons (Fsp3) is 0.125. The average Bonchev–Trinajstić information content (AvgIpc) is 2.89. The Morgan fingerprint density at radius 3 is 1.68 bits per heavy atom. The van der Waals surface area contributed by atoms with Crippen molar-refractivity contribution in [2.75, 3.05) is 23.9 Å². The molecule has 0 spiro atoms. The number of benzene rings is 5. The number of hydrogen-bond acceptors (Lipinski definition) is 2. The highest BCUT2D eigenvalue weighted by Crippen LogP contribution is 2.39. The van der Waals surface area contributed by atoms with Crippen molar-refractivity contribution in [3.05, 3.63) is 132 Å². The molecule has 0 heterocycles. The highest BCUT2D eigenvalue weighted by Gasteiger charge is 2.17. The van der Waals surface area contributed by atoms with Crippen molar-refractivity contribution in [3.8, 4) is 11.1 Å². The van der Waals surface area contributed by atoms with Gasteiger partial charge in [0.25, 0.3) is 0 Å². The molecular weight excluding hydrogens is 412 g/mol. The lowest BCUT2D eigenvalue weighted by molar-refractivity contribution is 0.801. The van der Waals surface area contributed by atoms with E-state index in [9.17, 15) is 0 Å². The molecular formula is C32H30N2. The van der Waals surface area contributed by atoms with Crippen LogP contribution in [0.3, 0.4) is 0 Å². The molecule has 0 atom stereocenters. The SMILES string of the molecule is CN(C)c1ccc(-c2c(N(Cc3ccccc3)Cc3ccccc3)ccc3ccccc23)cc1. The van der Waals surface area contributed by atoms with Crippen molar-refractivity contribution in [2.45, 2.75) is 13.1 Å². The van der Waals surface area contributed by atoms with Gasteiger partial charge in [0.15, 0.2) is 0 Å². The number of anilines is 2. The Labute approximate surface area is 202 Å². The van der Waals surface area contributed by atoms with E-state index in [0.29, 0.717) is 0 Å². The summed E-state index contributed by atoms with van der Waals surface area (Å²) in [5.41, 5.74) is 7.60. The van der Waals surface area contributed by atoms with E-state index in [2.05, 4.69) is 145 Å². The zero-order chi connectivity index (χ0) is 23.3. The molecule has 2 heteroatoms. The summed E-state index contributed by atoms with van der Waals surface area (Å²) < 4.78 is 0. The Bertz CT molecular complexity index is 1320. The summed E-state index contributed by atoms with van der Waals surface area (Å²) in [7, 11) is 4.17. The number of nitrogens with zero attached hydrogens (tertiary/aromatic N) is 2. The Morgan fingerprint density at radius 1 is 0.529 bits per heavy atom. The molecule has 5 aromatic rings. The molecule has 0 N–H and O–H groups in total. The van der Waals surface area contributed by atoms with Crippen LogP contribution in [0.2, 0.25) is 0 Å². The van der Waals surface area contributed by atoms with E-state index >= 15 is 0 Å². The van der Waals surface area contributed by atoms with E-state index in [1.54, 1.807) is 0 Å². The van der Waals surface area contributed by atoms with Gasteiger partial charge in [0, 0.05) is 44.1 Å². The molecule has 5 aromatic carbocycles. The van der Waals surface area contributed by atoms with E-state index in [1.165, 1.54) is 44.4 Å². The largest absolute Gasteiger partial charge is 0.378 e. The van der Waals surface area contributed by atoms with Gasteiger partial charge in [-0.1, -0.05) is 103 Å². The van der Waals surface area contributed by atoms with E-state index in [0.717, 1.165) is 13.1 Å². The Hall–Kier alpha value is -4.04. The van der Waals surface area contributed by atoms with Crippen molar-refractivity contribution in [1.29, 1.82) is 0 Å². The van der Waals surface area contributed by atoms with Crippen LogP contribution < -0.4 is 9.80 Å². The van der Waals surface area contributed by atoms with Crippen molar-refractivity contribution in [3.63, 3.8) is 0 Å². The molecule has 0 bridgehead atoms. The molecule has 0 saturated carbocycles. The summed E-state index contributed by atoms with van der Waals surface area (Å²) in [4.78, 5) is 4.65. The van der Waals surface area contributed by atoms with Gasteiger partial charge >= 0.3 is 0 Å². The smallest absolute Gasteiger partial charge is 0.0458 e. The Balaban J connectivity index is 1.67. The van der Waals surface area contributed by atoms with Gasteiger partial charge in [-0.2, -0.15) is 0 Å². The van der Waals surface area contributed by atoms with Crippen LogP contribution in [0.1, 0.15) is 11.1 Å². The second-order valence-electron chi connectivity index (χ2n) is 8.95. The second-order valence-corrected chi connectivity index (χ2v) is 8.95. The lowest BCUT2D eigenvalue weighted by Gasteiger charge is -2.29. The van der Waals surface area contributed by atoms with Gasteiger partial charge in [-0.05, 0) is 45.7 Å². The van der Waals surface area contributed by atoms with Gasteiger partial charge in [0.2, 0.25) is 0 Å². The maximum atomic E-state index is 2.51. The first-order valence-corrected chi connectivity index (χ1v) is 11.8. The second kappa shape index (κ2) is 9.84. The van der Waals surface area contributed by atoms with Gasteiger partial charge in [0.1, 0.15) is 0 Å². The van der Waals surface area contributed by atoms with Crippen LogP contribution >= 0.6 is 0 Å². The molecule has 0 aliphatic heterocycles. The fourth-order valence-electron chi connectivity index (χ4n) is 4.59. The normalized spacial score (nSPS) is 10.9. The summed E-state index contributed by atoms with van der Waals surface area (Å²) in [6.07, 6.45) is 0. The quantitative estimate of drug-likeness (QED) is 0.254. The van der Waals surface area contributed by atoms with Crippen LogP contribution in [-0.2, 0) is 13.1 Å². The molecule has 0 amide bonds. The third-order valence-corrected chi connectivity index (χ3v) is 6.35. The van der Waals surface area contributed by atoms with E-state index in [1.807, 2.05) is 0 Å². The summed E-state index contributed by atoms with van der Waals surface area (Å²) in [6.45, 7) is 1.69. The molecule has 0 aliphatic rings. The van der Waals surface area contributed by atoms with Crippen LogP contribution in [0.25, 0.3) is 21.9 Å². The van der Waals surface area contributed by atoms with Crippen LogP contribution in [0.15, 0.2) is 121 Å². The third kappa shape index (κ3) is 4.67. The number of hydrogen-bond donors (Lipinski definition) is 0. The minimum atomic E-state index is 0.844. The van der Waals surface area contributed by atoms with Crippen molar-refractivity contribution in [2.24, 2.45) is 0 Å². The number of fused-ring (bicyclic) bond motifs is 1. The van der Waals surface area contributed by atoms with E-state index in [4.69, 9.17) is 0 Å². The standard InChI is InChI=1S/C32H30N2/c1-33(2)29-20-17-28(18-21-29)32-30-16-10-9-15-27(30)19-22-31(32)34(23-25-11-5-3-6-12-25)24-26-13-7-4-8-14-26/h3-22H,23-24H2,1-2H3. The van der Waals surface area contributed by atoms with Crippen molar-refractivity contribution in [1.82, 2.24) is 0 Å². The molecule has 34 heavy (non-hydrogen) atoms. The van der Waals surface area contributed by atoms with Crippen molar-refractivity contribution < 1.29 is 0 Å². The maximum absolute atomic E-state index is 2.51. The Morgan fingerprint density at radius 2 is 1.09 bits per heavy atom. The predicted octanol–water partition coefficient (Wildman–Crippen LogP) is 7.78. The third-order valence-electron chi connectivity index (χ3n) is 6.35. The number of rotatable bonds is 7. The van der Waals surface area contributed by atoms with Crippen LogP contribution in [-0.4, -0.2) is 14.1 Å². The van der Waals surface area contributed by atoms with Crippen molar-refractivity contribution >= 4 is 22.1 Å². The molecule has 0 unspecified atom stereocenters. The lowest BCUT2D eigenvalue weighted by atomic mass is 9.95. The first-order valence-electron chi connectivity index (χ1n) is 11.8. The zero-order valence-corrected chi connectivity index (χ0v) is 19.9. The summed E-state index contributed by atoms with van der Waals surface area (Å²) >= 11 is 0. The van der Waals surface area contributed by atoms with Gasteiger partial charge in [-0.3, -0.25) is 0 Å². The van der Waals surface area contributed by atoms with Gasteiger partial charge in [-0.25, -0.2) is 0 Å². The van der Waals surface area contributed by atoms with Crippen LogP contribution in [0.5, 0.6) is 0 Å². The van der Waals surface area contributed by atoms with E-state index < -0.39 is 0 Å². The van der Waals surface area contributed by atoms with Gasteiger partial charge in [-0.15, -0.1) is 0 Å². The first kappa shape index (κ1) is 21.8. The highest BCUT2D eigenvalue weighted by molar-refractivity contribution is 6.03. The molecule has 5 rings (SSSR count). The molecule has 0 aromatic heterocycles. The maximum Gasteiger partial charge on any atom is 0.0458 e. The van der Waals surface area contributed by atoms with Gasteiger partial charge < -0.3 is 9.80 Å². The molecule has 168 valence electrons. The zero-order valence-electron chi connectivity index (χ0n) is 19.9. The summed E-state index contributed by atoms with van der Waals surface area (Å²) in [5.74, 6) is 0. The minimum Gasteiger partial charge on any atom is -0.378 e. The molecule has 0 aliphatic carbocycles. The fourth-order valence-corrected chi connectivity index (χ4v) is 4.59.